The van der Waals surface area contributed by atoms with Crippen LogP contribution in [0, 0.1) is 0 Å². The monoisotopic (exact) mass is 303 g/mol. The Morgan fingerprint density at radius 2 is 1.65 bits per heavy atom. The van der Waals surface area contributed by atoms with Gasteiger partial charge in [-0.2, -0.15) is 17.0 Å². The first-order valence-electron chi connectivity index (χ1n) is 7.61. The maximum atomic E-state index is 12.8. The summed E-state index contributed by atoms with van der Waals surface area (Å²) in [4.78, 5) is 2.43. The quantitative estimate of drug-likeness (QED) is 0.727. The number of nitrogens with zero attached hydrogens (tertiary/aromatic N) is 3. The molecule has 0 spiro atoms. The Bertz CT molecular complexity index is 446. The average Bonchev–Trinajstić information content (AvgIpc) is 2.84. The van der Waals surface area contributed by atoms with Crippen LogP contribution in [0.5, 0.6) is 0 Å². The van der Waals surface area contributed by atoms with Crippen molar-refractivity contribution in [3.63, 3.8) is 0 Å². The molecule has 0 amide bonds. The molecule has 3 rings (SSSR count). The van der Waals surface area contributed by atoms with E-state index in [4.69, 9.17) is 4.74 Å². The molecule has 0 radical (unpaired) electrons. The first kappa shape index (κ1) is 14.7. The van der Waals surface area contributed by atoms with Crippen LogP contribution >= 0.6 is 0 Å². The lowest BCUT2D eigenvalue weighted by Gasteiger charge is -2.41. The molecule has 3 unspecified atom stereocenters. The third-order valence-electron chi connectivity index (χ3n) is 4.59. The lowest BCUT2D eigenvalue weighted by molar-refractivity contribution is -0.0459. The molecule has 6 nitrogen and oxygen atoms in total. The highest BCUT2D eigenvalue weighted by atomic mass is 32.2. The molecule has 0 aliphatic carbocycles. The molecule has 0 aromatic rings. The van der Waals surface area contributed by atoms with Crippen molar-refractivity contribution >= 4 is 10.2 Å². The zero-order chi connectivity index (χ0) is 14.3. The molecule has 0 N–H and O–H groups in total. The molecule has 3 aliphatic heterocycles. The van der Waals surface area contributed by atoms with Gasteiger partial charge in [-0.05, 0) is 33.2 Å². The van der Waals surface area contributed by atoms with Crippen LogP contribution < -0.4 is 0 Å². The van der Waals surface area contributed by atoms with E-state index in [-0.39, 0.29) is 12.2 Å². The van der Waals surface area contributed by atoms with Gasteiger partial charge in [0.1, 0.15) is 0 Å². The number of piperazine rings is 1. The van der Waals surface area contributed by atoms with Crippen LogP contribution in [0.15, 0.2) is 0 Å². The van der Waals surface area contributed by atoms with Gasteiger partial charge in [0.2, 0.25) is 0 Å². The van der Waals surface area contributed by atoms with Crippen molar-refractivity contribution < 1.29 is 13.2 Å². The Balaban J connectivity index is 1.71. The van der Waals surface area contributed by atoms with Crippen LogP contribution in [0.25, 0.3) is 0 Å². The summed E-state index contributed by atoms with van der Waals surface area (Å²) in [5.74, 6) is 0. The number of hydrogen-bond acceptors (Lipinski definition) is 4. The van der Waals surface area contributed by atoms with E-state index in [9.17, 15) is 8.42 Å². The minimum Gasteiger partial charge on any atom is -0.373 e. The molecule has 20 heavy (non-hydrogen) atoms. The molecule has 0 aromatic heterocycles. The van der Waals surface area contributed by atoms with Gasteiger partial charge in [0.05, 0.1) is 12.2 Å². The molecule has 0 saturated carbocycles. The fourth-order valence-corrected chi connectivity index (χ4v) is 5.45. The Labute approximate surface area is 121 Å². The van der Waals surface area contributed by atoms with Crippen LogP contribution in [0.4, 0.5) is 0 Å². The SMILES string of the molecule is CC1CN(S(=O)(=O)N2CCN3CCCC3C2)CC(C)O1. The van der Waals surface area contributed by atoms with E-state index in [2.05, 4.69) is 4.90 Å². The molecule has 0 aromatic carbocycles. The summed E-state index contributed by atoms with van der Waals surface area (Å²) in [5, 5.41) is 0. The van der Waals surface area contributed by atoms with Gasteiger partial charge in [-0.3, -0.25) is 4.90 Å². The first-order valence-corrected chi connectivity index (χ1v) is 9.01. The second kappa shape index (κ2) is 5.53. The molecule has 0 bridgehead atoms. The molecule has 3 heterocycles. The maximum Gasteiger partial charge on any atom is 0.282 e. The van der Waals surface area contributed by atoms with Gasteiger partial charge < -0.3 is 4.74 Å². The largest absolute Gasteiger partial charge is 0.373 e. The summed E-state index contributed by atoms with van der Waals surface area (Å²) in [6.07, 6.45) is 2.27. The van der Waals surface area contributed by atoms with Crippen LogP contribution in [0.1, 0.15) is 26.7 Å². The van der Waals surface area contributed by atoms with E-state index in [1.165, 1.54) is 6.42 Å². The van der Waals surface area contributed by atoms with Gasteiger partial charge in [-0.25, -0.2) is 0 Å². The molecule has 7 heteroatoms. The fraction of sp³-hybridized carbons (Fsp3) is 1.00. The van der Waals surface area contributed by atoms with Gasteiger partial charge in [0.25, 0.3) is 10.2 Å². The topological polar surface area (TPSA) is 53.1 Å². The second-order valence-corrected chi connectivity index (χ2v) is 8.20. The number of ether oxygens (including phenoxy) is 1. The Hall–Kier alpha value is -0.210. The molecule has 3 saturated heterocycles. The summed E-state index contributed by atoms with van der Waals surface area (Å²) in [6, 6.07) is 0.425. The van der Waals surface area contributed by atoms with E-state index in [1.54, 1.807) is 8.61 Å². The van der Waals surface area contributed by atoms with Crippen LogP contribution in [0.3, 0.4) is 0 Å². The summed E-state index contributed by atoms with van der Waals surface area (Å²) < 4.78 is 34.5. The molecule has 116 valence electrons. The van der Waals surface area contributed by atoms with Crippen LogP contribution in [0.2, 0.25) is 0 Å². The summed E-state index contributed by atoms with van der Waals surface area (Å²) >= 11 is 0. The summed E-state index contributed by atoms with van der Waals surface area (Å²) in [6.45, 7) is 8.10. The average molecular weight is 303 g/mol. The number of rotatable bonds is 2. The van der Waals surface area contributed by atoms with E-state index in [1.807, 2.05) is 13.8 Å². The third kappa shape index (κ3) is 2.74. The van der Waals surface area contributed by atoms with E-state index >= 15 is 0 Å². The summed E-state index contributed by atoms with van der Waals surface area (Å²) in [7, 11) is -3.33. The predicted molar refractivity (Wildman–Crippen MR) is 76.7 cm³/mol. The Morgan fingerprint density at radius 3 is 2.35 bits per heavy atom. The highest BCUT2D eigenvalue weighted by Crippen LogP contribution is 2.25. The molecule has 3 fully saturated rings. The van der Waals surface area contributed by atoms with Crippen LogP contribution in [-0.2, 0) is 14.9 Å². The van der Waals surface area contributed by atoms with Crippen molar-refractivity contribution in [2.24, 2.45) is 0 Å². The first-order chi connectivity index (χ1) is 9.46. The van der Waals surface area contributed by atoms with Crippen molar-refractivity contribution in [1.82, 2.24) is 13.5 Å². The lowest BCUT2D eigenvalue weighted by atomic mass is 10.2. The highest BCUT2D eigenvalue weighted by Gasteiger charge is 2.40. The van der Waals surface area contributed by atoms with E-state index < -0.39 is 10.2 Å². The smallest absolute Gasteiger partial charge is 0.282 e. The zero-order valence-corrected chi connectivity index (χ0v) is 13.2. The normalized spacial score (nSPS) is 38.0. The number of morpholine rings is 1. The van der Waals surface area contributed by atoms with Crippen molar-refractivity contribution in [3.8, 4) is 0 Å². The molecule has 3 aliphatic rings. The van der Waals surface area contributed by atoms with Gasteiger partial charge in [0.15, 0.2) is 0 Å². The fourth-order valence-electron chi connectivity index (χ4n) is 3.65. The van der Waals surface area contributed by atoms with Crippen LogP contribution in [-0.4, -0.2) is 79.4 Å². The van der Waals surface area contributed by atoms with Gasteiger partial charge in [-0.15, -0.1) is 0 Å². The maximum absolute atomic E-state index is 12.8. The Kier molecular flexibility index (Phi) is 4.07. The lowest BCUT2D eigenvalue weighted by Crippen LogP contribution is -2.58. The number of fused-ring (bicyclic) bond motifs is 1. The summed E-state index contributed by atoms with van der Waals surface area (Å²) in [5.41, 5.74) is 0. The predicted octanol–water partition coefficient (Wildman–Crippen LogP) is 0.120. The molecule has 3 atom stereocenters. The van der Waals surface area contributed by atoms with Crippen molar-refractivity contribution in [2.45, 2.75) is 44.9 Å². The molecular weight excluding hydrogens is 278 g/mol. The zero-order valence-electron chi connectivity index (χ0n) is 12.4. The number of hydrogen-bond donors (Lipinski definition) is 0. The van der Waals surface area contributed by atoms with Gasteiger partial charge in [-0.1, -0.05) is 0 Å². The van der Waals surface area contributed by atoms with E-state index in [0.29, 0.717) is 32.2 Å². The second-order valence-electron chi connectivity index (χ2n) is 6.27. The van der Waals surface area contributed by atoms with Crippen molar-refractivity contribution in [1.29, 1.82) is 0 Å². The van der Waals surface area contributed by atoms with Crippen molar-refractivity contribution in [2.75, 3.05) is 39.3 Å². The third-order valence-corrected chi connectivity index (χ3v) is 6.52. The van der Waals surface area contributed by atoms with Gasteiger partial charge >= 0.3 is 0 Å². The Morgan fingerprint density at radius 1 is 0.950 bits per heavy atom. The van der Waals surface area contributed by atoms with Crippen molar-refractivity contribution in [3.05, 3.63) is 0 Å². The minimum absolute atomic E-state index is 0.0266. The minimum atomic E-state index is -3.33. The highest BCUT2D eigenvalue weighted by molar-refractivity contribution is 7.86. The van der Waals surface area contributed by atoms with Gasteiger partial charge in [0, 0.05) is 38.8 Å². The van der Waals surface area contributed by atoms with E-state index in [0.717, 1.165) is 19.5 Å². The standard InChI is InChI=1S/C13H25N3O3S/c1-11-8-16(9-12(2)19-11)20(17,18)15-7-6-14-5-3-4-13(14)10-15/h11-13H,3-10H2,1-2H3. The molecular formula is C13H25N3O3S.